The molecule has 1 aliphatic rings. The normalized spacial score (nSPS) is 15.1. The Labute approximate surface area is 118 Å². The van der Waals surface area contributed by atoms with Crippen LogP contribution in [0.5, 0.6) is 0 Å². The molecule has 3 rings (SSSR count). The first kappa shape index (κ1) is 13.2. The number of hydrazine groups is 1. The molecule has 0 bridgehead atoms. The summed E-state index contributed by atoms with van der Waals surface area (Å²) in [5.41, 5.74) is 7.68. The van der Waals surface area contributed by atoms with Crippen molar-refractivity contribution in [3.63, 3.8) is 0 Å². The highest BCUT2D eigenvalue weighted by molar-refractivity contribution is 5.36. The van der Waals surface area contributed by atoms with Crippen molar-refractivity contribution in [1.82, 2.24) is 10.4 Å². The molecule has 0 saturated heterocycles. The van der Waals surface area contributed by atoms with Gasteiger partial charge in [0.1, 0.15) is 5.82 Å². The maximum absolute atomic E-state index is 12.9. The summed E-state index contributed by atoms with van der Waals surface area (Å²) in [7, 11) is 0. The van der Waals surface area contributed by atoms with Crippen LogP contribution in [-0.4, -0.2) is 4.98 Å². The van der Waals surface area contributed by atoms with Crippen LogP contribution in [0, 0.1) is 5.82 Å². The first-order valence-electron chi connectivity index (χ1n) is 6.94. The summed E-state index contributed by atoms with van der Waals surface area (Å²) in [4.78, 5) is 4.10. The van der Waals surface area contributed by atoms with Gasteiger partial charge in [-0.25, -0.2) is 4.39 Å². The van der Waals surface area contributed by atoms with Crippen molar-refractivity contribution < 1.29 is 4.39 Å². The van der Waals surface area contributed by atoms with E-state index in [0.717, 1.165) is 12.1 Å². The summed E-state index contributed by atoms with van der Waals surface area (Å²) in [5.74, 6) is 5.29. The van der Waals surface area contributed by atoms with Gasteiger partial charge in [-0.1, -0.05) is 18.2 Å². The second kappa shape index (κ2) is 5.69. The number of pyridine rings is 1. The van der Waals surface area contributed by atoms with E-state index in [4.69, 9.17) is 5.84 Å². The Hall–Kier alpha value is -1.78. The lowest BCUT2D eigenvalue weighted by molar-refractivity contribution is 0.533. The molecule has 1 aromatic heterocycles. The van der Waals surface area contributed by atoms with Crippen LogP contribution in [0.15, 0.2) is 36.5 Å². The fourth-order valence-corrected chi connectivity index (χ4v) is 2.83. The number of halogens is 1. The molecule has 0 saturated carbocycles. The molecule has 20 heavy (non-hydrogen) atoms. The van der Waals surface area contributed by atoms with E-state index >= 15 is 0 Å². The Bertz CT molecular complexity index is 595. The lowest BCUT2D eigenvalue weighted by atomic mass is 9.99. The van der Waals surface area contributed by atoms with Crippen molar-refractivity contribution in [2.45, 2.75) is 31.7 Å². The number of aryl methyl sites for hydroxylation is 2. The Morgan fingerprint density at radius 2 is 2.05 bits per heavy atom. The molecule has 1 atom stereocenters. The average molecular weight is 271 g/mol. The number of rotatable bonds is 4. The minimum Gasteiger partial charge on any atom is -0.271 e. The molecular formula is C16H18FN3. The Morgan fingerprint density at radius 3 is 2.80 bits per heavy atom. The maximum Gasteiger partial charge on any atom is 0.141 e. The summed E-state index contributed by atoms with van der Waals surface area (Å²) in [6.07, 6.45) is 5.58. The predicted molar refractivity (Wildman–Crippen MR) is 76.4 cm³/mol. The van der Waals surface area contributed by atoms with Gasteiger partial charge in [-0.05, 0) is 54.5 Å². The van der Waals surface area contributed by atoms with Crippen molar-refractivity contribution in [3.8, 4) is 0 Å². The molecule has 0 aliphatic heterocycles. The fourth-order valence-electron chi connectivity index (χ4n) is 2.83. The Balaban J connectivity index is 1.79. The molecule has 0 spiro atoms. The molecule has 104 valence electrons. The number of benzene rings is 1. The zero-order valence-corrected chi connectivity index (χ0v) is 11.3. The average Bonchev–Trinajstić information content (AvgIpc) is 2.93. The van der Waals surface area contributed by atoms with Crippen molar-refractivity contribution >= 4 is 0 Å². The van der Waals surface area contributed by atoms with Gasteiger partial charge in [0.05, 0.1) is 17.9 Å². The smallest absolute Gasteiger partial charge is 0.141 e. The van der Waals surface area contributed by atoms with Gasteiger partial charge in [0.25, 0.3) is 0 Å². The second-order valence-electron chi connectivity index (χ2n) is 5.28. The molecule has 0 radical (unpaired) electrons. The van der Waals surface area contributed by atoms with E-state index in [1.807, 2.05) is 0 Å². The number of hydrogen-bond donors (Lipinski definition) is 2. The molecule has 3 nitrogen and oxygen atoms in total. The molecule has 3 N–H and O–H groups in total. The predicted octanol–water partition coefficient (Wildman–Crippen LogP) is 2.46. The standard InChI is InChI=1S/C16H18FN3/c17-14-6-7-15(19-10-14)16(20-18)9-11-4-5-12-2-1-3-13(12)8-11/h4-8,10,16,20H,1-3,9,18H2. The third kappa shape index (κ3) is 2.71. The molecule has 1 aliphatic carbocycles. The highest BCUT2D eigenvalue weighted by atomic mass is 19.1. The van der Waals surface area contributed by atoms with Crippen molar-refractivity contribution in [2.75, 3.05) is 0 Å². The summed E-state index contributed by atoms with van der Waals surface area (Å²) in [6.45, 7) is 0. The lowest BCUT2D eigenvalue weighted by Crippen LogP contribution is -2.30. The lowest BCUT2D eigenvalue weighted by Gasteiger charge is -2.16. The van der Waals surface area contributed by atoms with Gasteiger partial charge in [-0.3, -0.25) is 16.3 Å². The van der Waals surface area contributed by atoms with E-state index in [-0.39, 0.29) is 11.9 Å². The van der Waals surface area contributed by atoms with Crippen LogP contribution in [-0.2, 0) is 19.3 Å². The van der Waals surface area contributed by atoms with Crippen molar-refractivity contribution in [1.29, 1.82) is 0 Å². The van der Waals surface area contributed by atoms with Gasteiger partial charge < -0.3 is 0 Å². The van der Waals surface area contributed by atoms with Crippen LogP contribution < -0.4 is 11.3 Å². The van der Waals surface area contributed by atoms with E-state index in [2.05, 4.69) is 28.6 Å². The highest BCUT2D eigenvalue weighted by Gasteiger charge is 2.15. The maximum atomic E-state index is 12.9. The zero-order valence-electron chi connectivity index (χ0n) is 11.3. The molecular weight excluding hydrogens is 253 g/mol. The van der Waals surface area contributed by atoms with Crippen LogP contribution in [0.25, 0.3) is 0 Å². The third-order valence-electron chi connectivity index (χ3n) is 3.91. The van der Waals surface area contributed by atoms with E-state index in [1.165, 1.54) is 48.2 Å². The summed E-state index contributed by atoms with van der Waals surface area (Å²) < 4.78 is 12.9. The molecule has 0 amide bonds. The third-order valence-corrected chi connectivity index (χ3v) is 3.91. The molecule has 0 fully saturated rings. The van der Waals surface area contributed by atoms with Gasteiger partial charge in [0, 0.05) is 0 Å². The number of nitrogens with one attached hydrogen (secondary N) is 1. The van der Waals surface area contributed by atoms with Crippen LogP contribution in [0.1, 0.15) is 34.8 Å². The van der Waals surface area contributed by atoms with Crippen LogP contribution in [0.3, 0.4) is 0 Å². The van der Waals surface area contributed by atoms with Crippen molar-refractivity contribution in [3.05, 3.63) is 64.7 Å². The summed E-state index contributed by atoms with van der Waals surface area (Å²) >= 11 is 0. The first-order chi connectivity index (χ1) is 9.76. The SMILES string of the molecule is NNC(Cc1ccc2c(c1)CCC2)c1ccc(F)cn1. The number of nitrogens with zero attached hydrogens (tertiary/aromatic N) is 1. The number of nitrogens with two attached hydrogens (primary N) is 1. The topological polar surface area (TPSA) is 50.9 Å². The van der Waals surface area contributed by atoms with Gasteiger partial charge >= 0.3 is 0 Å². The largest absolute Gasteiger partial charge is 0.271 e. The van der Waals surface area contributed by atoms with Crippen LogP contribution >= 0.6 is 0 Å². The highest BCUT2D eigenvalue weighted by Crippen LogP contribution is 2.25. The molecule has 1 unspecified atom stereocenters. The summed E-state index contributed by atoms with van der Waals surface area (Å²) in [6, 6.07) is 9.61. The van der Waals surface area contributed by atoms with E-state index in [9.17, 15) is 4.39 Å². The van der Waals surface area contributed by atoms with Crippen LogP contribution in [0.4, 0.5) is 4.39 Å². The number of aromatic nitrogens is 1. The number of fused-ring (bicyclic) bond motifs is 1. The monoisotopic (exact) mass is 271 g/mol. The van der Waals surface area contributed by atoms with E-state index in [1.54, 1.807) is 6.07 Å². The van der Waals surface area contributed by atoms with Gasteiger partial charge in [0.2, 0.25) is 0 Å². The second-order valence-corrected chi connectivity index (χ2v) is 5.28. The molecule has 1 heterocycles. The van der Waals surface area contributed by atoms with E-state index < -0.39 is 0 Å². The van der Waals surface area contributed by atoms with Crippen LogP contribution in [0.2, 0.25) is 0 Å². The zero-order chi connectivity index (χ0) is 13.9. The Kier molecular flexibility index (Phi) is 3.76. The quantitative estimate of drug-likeness (QED) is 0.663. The fraction of sp³-hybridized carbons (Fsp3) is 0.312. The first-order valence-corrected chi connectivity index (χ1v) is 6.94. The van der Waals surface area contributed by atoms with E-state index in [0.29, 0.717) is 0 Å². The van der Waals surface area contributed by atoms with Gasteiger partial charge in [-0.2, -0.15) is 0 Å². The summed E-state index contributed by atoms with van der Waals surface area (Å²) in [5, 5.41) is 0. The molecule has 1 aromatic carbocycles. The van der Waals surface area contributed by atoms with Crippen molar-refractivity contribution in [2.24, 2.45) is 5.84 Å². The van der Waals surface area contributed by atoms with Gasteiger partial charge in [0.15, 0.2) is 0 Å². The molecule has 2 aromatic rings. The van der Waals surface area contributed by atoms with Gasteiger partial charge in [-0.15, -0.1) is 0 Å². The number of hydrogen-bond acceptors (Lipinski definition) is 3. The minimum absolute atomic E-state index is 0.102. The Morgan fingerprint density at radius 1 is 1.20 bits per heavy atom. The molecule has 4 heteroatoms. The minimum atomic E-state index is -0.331.